The average molecular weight is 251 g/mol. The number of rotatable bonds is 3. The molecule has 2 unspecified atom stereocenters. The van der Waals surface area contributed by atoms with Gasteiger partial charge in [-0.2, -0.15) is 0 Å². The van der Waals surface area contributed by atoms with Crippen molar-refractivity contribution in [2.75, 3.05) is 5.73 Å². The van der Waals surface area contributed by atoms with E-state index in [-0.39, 0.29) is 0 Å². The Morgan fingerprint density at radius 3 is 2.94 bits per heavy atom. The Morgan fingerprint density at radius 1 is 1.41 bits per heavy atom. The molecule has 1 saturated carbocycles. The summed E-state index contributed by atoms with van der Waals surface area (Å²) in [4.78, 5) is 8.76. The van der Waals surface area contributed by atoms with Crippen molar-refractivity contribution in [3.63, 3.8) is 0 Å². The lowest BCUT2D eigenvalue weighted by Crippen LogP contribution is -2.15. The Balaban J connectivity index is 2.04. The first-order valence-corrected chi connectivity index (χ1v) is 7.35. The molecule has 3 nitrogen and oxygen atoms in total. The molecular formula is C13H21N3S. The number of nitrogen functional groups attached to an aromatic ring is 1. The van der Waals surface area contributed by atoms with Crippen LogP contribution in [0.2, 0.25) is 0 Å². The number of aromatic nitrogens is 2. The summed E-state index contributed by atoms with van der Waals surface area (Å²) in [5.41, 5.74) is 5.80. The summed E-state index contributed by atoms with van der Waals surface area (Å²) in [5.74, 6) is 2.31. The third kappa shape index (κ3) is 3.60. The lowest BCUT2D eigenvalue weighted by atomic mass is 9.91. The first-order valence-electron chi connectivity index (χ1n) is 6.47. The van der Waals surface area contributed by atoms with Crippen molar-refractivity contribution in [1.82, 2.24) is 9.97 Å². The second-order valence-corrected chi connectivity index (χ2v) is 6.23. The largest absolute Gasteiger partial charge is 0.384 e. The molecule has 1 aromatic rings. The molecule has 0 bridgehead atoms. The molecule has 1 aromatic heterocycles. The summed E-state index contributed by atoms with van der Waals surface area (Å²) < 4.78 is 0. The molecule has 0 aromatic carbocycles. The van der Waals surface area contributed by atoms with E-state index in [0.29, 0.717) is 11.1 Å². The summed E-state index contributed by atoms with van der Waals surface area (Å²) in [6.45, 7) is 4.41. The van der Waals surface area contributed by atoms with E-state index in [9.17, 15) is 0 Å². The van der Waals surface area contributed by atoms with Gasteiger partial charge >= 0.3 is 0 Å². The van der Waals surface area contributed by atoms with E-state index in [1.165, 1.54) is 25.7 Å². The van der Waals surface area contributed by atoms with Crippen LogP contribution in [-0.2, 0) is 6.42 Å². The molecule has 1 heterocycles. The maximum Gasteiger partial charge on any atom is 0.131 e. The van der Waals surface area contributed by atoms with Crippen LogP contribution in [0.25, 0.3) is 0 Å². The van der Waals surface area contributed by atoms with Gasteiger partial charge in [0.2, 0.25) is 0 Å². The number of aryl methyl sites for hydroxylation is 1. The Kier molecular flexibility index (Phi) is 4.26. The Labute approximate surface area is 108 Å². The third-order valence-corrected chi connectivity index (χ3v) is 4.47. The van der Waals surface area contributed by atoms with Gasteiger partial charge in [0.25, 0.3) is 0 Å². The van der Waals surface area contributed by atoms with E-state index in [4.69, 9.17) is 5.73 Å². The maximum absolute atomic E-state index is 5.80. The van der Waals surface area contributed by atoms with Gasteiger partial charge in [-0.3, -0.25) is 0 Å². The second kappa shape index (κ2) is 5.71. The van der Waals surface area contributed by atoms with Gasteiger partial charge < -0.3 is 5.73 Å². The molecule has 2 atom stereocenters. The zero-order valence-electron chi connectivity index (χ0n) is 10.6. The molecule has 2 N–H and O–H groups in total. The van der Waals surface area contributed by atoms with Crippen molar-refractivity contribution in [3.05, 3.63) is 11.9 Å². The normalized spacial score (nSPS) is 24.8. The minimum atomic E-state index is 0.600. The molecule has 17 heavy (non-hydrogen) atoms. The van der Waals surface area contributed by atoms with Crippen molar-refractivity contribution in [2.45, 2.75) is 56.2 Å². The van der Waals surface area contributed by atoms with E-state index in [1.807, 2.05) is 17.8 Å². The van der Waals surface area contributed by atoms with Crippen LogP contribution in [0.4, 0.5) is 5.82 Å². The fourth-order valence-electron chi connectivity index (χ4n) is 2.37. The summed E-state index contributed by atoms with van der Waals surface area (Å²) in [5, 5.41) is 1.76. The van der Waals surface area contributed by atoms with Gasteiger partial charge in [-0.05, 0) is 18.8 Å². The van der Waals surface area contributed by atoms with Gasteiger partial charge in [-0.25, -0.2) is 9.97 Å². The fourth-order valence-corrected chi connectivity index (χ4v) is 3.76. The number of nitrogens with two attached hydrogens (primary N) is 1. The van der Waals surface area contributed by atoms with E-state index < -0.39 is 0 Å². The average Bonchev–Trinajstić information content (AvgIpc) is 2.28. The molecule has 0 aliphatic heterocycles. The number of hydrogen-bond acceptors (Lipinski definition) is 4. The van der Waals surface area contributed by atoms with Crippen molar-refractivity contribution in [2.24, 2.45) is 5.92 Å². The van der Waals surface area contributed by atoms with Crippen LogP contribution in [0, 0.1) is 5.92 Å². The van der Waals surface area contributed by atoms with Crippen molar-refractivity contribution >= 4 is 17.6 Å². The number of nitrogens with zero attached hydrogens (tertiary/aromatic N) is 2. The van der Waals surface area contributed by atoms with Gasteiger partial charge in [-0.15, -0.1) is 11.8 Å². The van der Waals surface area contributed by atoms with Crippen molar-refractivity contribution in [3.8, 4) is 0 Å². The van der Waals surface area contributed by atoms with Crippen LogP contribution in [-0.4, -0.2) is 15.2 Å². The van der Waals surface area contributed by atoms with E-state index in [0.717, 1.165) is 23.2 Å². The van der Waals surface area contributed by atoms with E-state index >= 15 is 0 Å². The minimum Gasteiger partial charge on any atom is -0.384 e. The van der Waals surface area contributed by atoms with Gasteiger partial charge in [0.05, 0.1) is 0 Å². The number of thioether (sulfide) groups is 1. The molecule has 4 heteroatoms. The smallest absolute Gasteiger partial charge is 0.131 e. The maximum atomic E-state index is 5.80. The minimum absolute atomic E-state index is 0.600. The van der Waals surface area contributed by atoms with Crippen molar-refractivity contribution < 1.29 is 0 Å². The molecule has 0 spiro atoms. The molecular weight excluding hydrogens is 230 g/mol. The van der Waals surface area contributed by atoms with Crippen LogP contribution >= 0.6 is 11.8 Å². The fraction of sp³-hybridized carbons (Fsp3) is 0.692. The Bertz CT molecular complexity index is 381. The number of anilines is 1. The van der Waals surface area contributed by atoms with Crippen LogP contribution in [0.15, 0.2) is 11.1 Å². The zero-order chi connectivity index (χ0) is 12.3. The van der Waals surface area contributed by atoms with Crippen LogP contribution in [0.5, 0.6) is 0 Å². The Morgan fingerprint density at radius 2 is 2.24 bits per heavy atom. The Hall–Kier alpha value is -0.770. The first-order chi connectivity index (χ1) is 8.17. The van der Waals surface area contributed by atoms with Crippen LogP contribution in [0.1, 0.15) is 45.4 Å². The quantitative estimate of drug-likeness (QED) is 0.838. The van der Waals surface area contributed by atoms with Gasteiger partial charge in [0, 0.05) is 17.7 Å². The standard InChI is InChI=1S/C13H21N3S/c1-3-12-15-11(14)8-13(16-12)17-10-6-4-5-9(2)7-10/h8-10H,3-7H2,1-2H3,(H2,14,15,16). The SMILES string of the molecule is CCc1nc(N)cc(SC2CCCC(C)C2)n1. The molecule has 1 fully saturated rings. The van der Waals surface area contributed by atoms with Crippen LogP contribution < -0.4 is 5.73 Å². The molecule has 2 rings (SSSR count). The molecule has 0 saturated heterocycles. The molecule has 94 valence electrons. The highest BCUT2D eigenvalue weighted by molar-refractivity contribution is 7.99. The van der Waals surface area contributed by atoms with Gasteiger partial charge in [0.15, 0.2) is 0 Å². The third-order valence-electron chi connectivity index (χ3n) is 3.26. The number of hydrogen-bond donors (Lipinski definition) is 1. The highest BCUT2D eigenvalue weighted by atomic mass is 32.2. The van der Waals surface area contributed by atoms with Gasteiger partial charge in [-0.1, -0.05) is 26.7 Å². The monoisotopic (exact) mass is 251 g/mol. The molecule has 1 aliphatic rings. The highest BCUT2D eigenvalue weighted by Crippen LogP contribution is 2.35. The summed E-state index contributed by atoms with van der Waals surface area (Å²) in [6, 6.07) is 1.91. The van der Waals surface area contributed by atoms with Crippen LogP contribution in [0.3, 0.4) is 0 Å². The highest BCUT2D eigenvalue weighted by Gasteiger charge is 2.20. The summed E-state index contributed by atoms with van der Waals surface area (Å²) in [6.07, 6.45) is 6.18. The molecule has 1 aliphatic carbocycles. The van der Waals surface area contributed by atoms with Gasteiger partial charge in [0.1, 0.15) is 16.7 Å². The topological polar surface area (TPSA) is 51.8 Å². The van der Waals surface area contributed by atoms with E-state index in [1.54, 1.807) is 0 Å². The first kappa shape index (κ1) is 12.7. The lowest BCUT2D eigenvalue weighted by molar-refractivity contribution is 0.394. The predicted octanol–water partition coefficient (Wildman–Crippen LogP) is 3.29. The zero-order valence-corrected chi connectivity index (χ0v) is 11.5. The van der Waals surface area contributed by atoms with Crippen molar-refractivity contribution in [1.29, 1.82) is 0 Å². The lowest BCUT2D eigenvalue weighted by Gasteiger charge is -2.25. The molecule has 0 radical (unpaired) electrons. The summed E-state index contributed by atoms with van der Waals surface area (Å²) >= 11 is 1.88. The predicted molar refractivity (Wildman–Crippen MR) is 73.1 cm³/mol. The summed E-state index contributed by atoms with van der Waals surface area (Å²) in [7, 11) is 0. The van der Waals surface area contributed by atoms with E-state index in [2.05, 4.69) is 23.8 Å². The molecule has 0 amide bonds. The second-order valence-electron chi connectivity index (χ2n) is 4.91.